The number of hydrogen-bond donors (Lipinski definition) is 1. The summed E-state index contributed by atoms with van der Waals surface area (Å²) in [6, 6.07) is 8.78. The highest BCUT2D eigenvalue weighted by atomic mass is 15.7. The maximum absolute atomic E-state index is 3.38. The molecule has 1 saturated heterocycles. The normalized spacial score (nSPS) is 21.7. The second-order valence-corrected chi connectivity index (χ2v) is 4.24. The average molecular weight is 203 g/mol. The highest BCUT2D eigenvalue weighted by Gasteiger charge is 2.23. The predicted molar refractivity (Wildman–Crippen MR) is 61.7 cm³/mol. The largest absolute Gasteiger partial charge is 0.304 e. The number of aryl methyl sites for hydroxylation is 1. The Hall–Kier alpha value is -1.06. The van der Waals surface area contributed by atoms with Crippen molar-refractivity contribution >= 4 is 5.69 Å². The van der Waals surface area contributed by atoms with Crippen LogP contribution >= 0.6 is 0 Å². The molecule has 0 bridgehead atoms. The summed E-state index contributed by atoms with van der Waals surface area (Å²) < 4.78 is 0. The van der Waals surface area contributed by atoms with Gasteiger partial charge in [0.15, 0.2) is 0 Å². The zero-order chi connectivity index (χ0) is 10.1. The molecule has 0 radical (unpaired) electrons. The Bertz CT molecular complexity index is 344. The van der Waals surface area contributed by atoms with Crippen molar-refractivity contribution in [3.05, 3.63) is 29.8 Å². The molecule has 1 fully saturated rings. The Morgan fingerprint density at radius 3 is 2.93 bits per heavy atom. The van der Waals surface area contributed by atoms with Gasteiger partial charge in [-0.05, 0) is 24.5 Å². The molecule has 0 spiro atoms. The van der Waals surface area contributed by atoms with Crippen LogP contribution in [0.4, 0.5) is 5.69 Å². The molecule has 2 heterocycles. The standard InChI is InChI=1S/C12H17N3/c1-2-6-12-11(4-1)5-3-8-15(12)14-9-7-13-10-14/h1-2,4,6,13H,3,5,7-10H2. The number of fused-ring (bicyclic) bond motifs is 1. The van der Waals surface area contributed by atoms with Gasteiger partial charge in [-0.3, -0.25) is 0 Å². The van der Waals surface area contributed by atoms with E-state index in [-0.39, 0.29) is 0 Å². The number of hydrogen-bond acceptors (Lipinski definition) is 3. The summed E-state index contributed by atoms with van der Waals surface area (Å²) >= 11 is 0. The molecule has 1 aromatic rings. The van der Waals surface area contributed by atoms with Gasteiger partial charge in [0.2, 0.25) is 0 Å². The molecule has 0 saturated carbocycles. The molecule has 0 amide bonds. The third kappa shape index (κ3) is 1.62. The van der Waals surface area contributed by atoms with Crippen molar-refractivity contribution in [2.75, 3.05) is 31.3 Å². The van der Waals surface area contributed by atoms with Crippen LogP contribution in [0.5, 0.6) is 0 Å². The van der Waals surface area contributed by atoms with Crippen molar-refractivity contribution in [1.82, 2.24) is 10.3 Å². The molecular weight excluding hydrogens is 186 g/mol. The number of para-hydroxylation sites is 1. The van der Waals surface area contributed by atoms with Gasteiger partial charge in [-0.1, -0.05) is 18.2 Å². The Kier molecular flexibility index (Phi) is 2.35. The molecule has 0 unspecified atom stereocenters. The summed E-state index contributed by atoms with van der Waals surface area (Å²) in [6.45, 7) is 4.40. The number of nitrogens with zero attached hydrogens (tertiary/aromatic N) is 2. The van der Waals surface area contributed by atoms with Crippen molar-refractivity contribution < 1.29 is 0 Å². The summed E-state index contributed by atoms with van der Waals surface area (Å²) in [4.78, 5) is 0. The summed E-state index contributed by atoms with van der Waals surface area (Å²) in [6.07, 6.45) is 2.50. The fraction of sp³-hybridized carbons (Fsp3) is 0.500. The van der Waals surface area contributed by atoms with Gasteiger partial charge >= 0.3 is 0 Å². The number of hydrazine groups is 1. The first-order valence-corrected chi connectivity index (χ1v) is 5.76. The topological polar surface area (TPSA) is 18.5 Å². The van der Waals surface area contributed by atoms with E-state index in [1.807, 2.05) is 0 Å². The molecule has 2 aliphatic heterocycles. The van der Waals surface area contributed by atoms with Crippen LogP contribution in [0.2, 0.25) is 0 Å². The van der Waals surface area contributed by atoms with Crippen molar-refractivity contribution in [1.29, 1.82) is 0 Å². The van der Waals surface area contributed by atoms with E-state index in [4.69, 9.17) is 0 Å². The monoisotopic (exact) mass is 203 g/mol. The molecule has 0 atom stereocenters. The zero-order valence-corrected chi connectivity index (χ0v) is 8.95. The predicted octanol–water partition coefficient (Wildman–Crippen LogP) is 1.22. The van der Waals surface area contributed by atoms with Gasteiger partial charge in [0.05, 0.1) is 12.4 Å². The highest BCUT2D eigenvalue weighted by Crippen LogP contribution is 2.27. The summed E-state index contributed by atoms with van der Waals surface area (Å²) in [5.74, 6) is 0. The molecule has 3 nitrogen and oxygen atoms in total. The highest BCUT2D eigenvalue weighted by molar-refractivity contribution is 5.54. The van der Waals surface area contributed by atoms with Crippen LogP contribution in [0.15, 0.2) is 24.3 Å². The maximum atomic E-state index is 3.38. The van der Waals surface area contributed by atoms with Crippen LogP contribution in [-0.4, -0.2) is 31.3 Å². The minimum absolute atomic E-state index is 0.994. The third-order valence-electron chi connectivity index (χ3n) is 3.27. The smallest absolute Gasteiger partial charge is 0.0672 e. The number of nitrogens with one attached hydrogen (secondary N) is 1. The quantitative estimate of drug-likeness (QED) is 0.740. The zero-order valence-electron chi connectivity index (χ0n) is 8.95. The van der Waals surface area contributed by atoms with Crippen LogP contribution < -0.4 is 10.3 Å². The van der Waals surface area contributed by atoms with E-state index >= 15 is 0 Å². The molecule has 0 aromatic heterocycles. The second kappa shape index (κ2) is 3.83. The Balaban J connectivity index is 1.91. The lowest BCUT2D eigenvalue weighted by molar-refractivity contribution is 0.295. The molecule has 3 rings (SSSR count). The first-order valence-electron chi connectivity index (χ1n) is 5.76. The van der Waals surface area contributed by atoms with E-state index in [0.717, 1.165) is 19.8 Å². The van der Waals surface area contributed by atoms with Crippen LogP contribution in [0, 0.1) is 0 Å². The van der Waals surface area contributed by atoms with Crippen LogP contribution in [0.25, 0.3) is 0 Å². The van der Waals surface area contributed by atoms with Gasteiger partial charge in [-0.2, -0.15) is 0 Å². The van der Waals surface area contributed by atoms with Gasteiger partial charge in [0.1, 0.15) is 0 Å². The molecule has 1 aromatic carbocycles. The van der Waals surface area contributed by atoms with E-state index in [2.05, 4.69) is 39.6 Å². The maximum Gasteiger partial charge on any atom is 0.0672 e. The minimum atomic E-state index is 0.994. The number of rotatable bonds is 1. The van der Waals surface area contributed by atoms with Crippen LogP contribution in [0.3, 0.4) is 0 Å². The average Bonchev–Trinajstić information content (AvgIpc) is 2.82. The van der Waals surface area contributed by atoms with Crippen LogP contribution in [-0.2, 0) is 6.42 Å². The van der Waals surface area contributed by atoms with Gasteiger partial charge < -0.3 is 10.3 Å². The van der Waals surface area contributed by atoms with E-state index < -0.39 is 0 Å². The van der Waals surface area contributed by atoms with Gasteiger partial charge in [-0.15, -0.1) is 0 Å². The van der Waals surface area contributed by atoms with Gasteiger partial charge in [0, 0.05) is 19.6 Å². The van der Waals surface area contributed by atoms with Gasteiger partial charge in [-0.25, -0.2) is 5.01 Å². The molecule has 80 valence electrons. The summed E-state index contributed by atoms with van der Waals surface area (Å²) in [5, 5.41) is 8.24. The molecule has 2 aliphatic rings. The Morgan fingerprint density at radius 2 is 2.07 bits per heavy atom. The first kappa shape index (κ1) is 9.19. The lowest BCUT2D eigenvalue weighted by atomic mass is 10.0. The van der Waals surface area contributed by atoms with Gasteiger partial charge in [0.25, 0.3) is 0 Å². The number of benzene rings is 1. The van der Waals surface area contributed by atoms with E-state index in [1.165, 1.54) is 30.6 Å². The van der Waals surface area contributed by atoms with E-state index in [0.29, 0.717) is 0 Å². The van der Waals surface area contributed by atoms with Crippen molar-refractivity contribution in [2.45, 2.75) is 12.8 Å². The van der Waals surface area contributed by atoms with Crippen LogP contribution in [0.1, 0.15) is 12.0 Å². The fourth-order valence-electron chi connectivity index (χ4n) is 2.51. The van der Waals surface area contributed by atoms with E-state index in [9.17, 15) is 0 Å². The van der Waals surface area contributed by atoms with Crippen molar-refractivity contribution in [3.8, 4) is 0 Å². The minimum Gasteiger partial charge on any atom is -0.304 e. The SMILES string of the molecule is c1ccc2c(c1)CCCN2N1CCNC1. The summed E-state index contributed by atoms with van der Waals surface area (Å²) in [7, 11) is 0. The third-order valence-corrected chi connectivity index (χ3v) is 3.27. The second-order valence-electron chi connectivity index (χ2n) is 4.24. The first-order chi connectivity index (χ1) is 7.45. The molecule has 15 heavy (non-hydrogen) atoms. The molecule has 1 N–H and O–H groups in total. The lowest BCUT2D eigenvalue weighted by Crippen LogP contribution is -2.44. The molecule has 3 heteroatoms. The Morgan fingerprint density at radius 1 is 1.13 bits per heavy atom. The molecular formula is C12H17N3. The lowest BCUT2D eigenvalue weighted by Gasteiger charge is -2.37. The summed E-state index contributed by atoms with van der Waals surface area (Å²) in [5.41, 5.74) is 2.91. The molecule has 0 aliphatic carbocycles. The Labute approximate surface area is 90.6 Å². The fourth-order valence-corrected chi connectivity index (χ4v) is 2.51. The van der Waals surface area contributed by atoms with E-state index in [1.54, 1.807) is 0 Å². The number of anilines is 1. The van der Waals surface area contributed by atoms with Crippen molar-refractivity contribution in [3.63, 3.8) is 0 Å². The van der Waals surface area contributed by atoms with Crippen molar-refractivity contribution in [2.24, 2.45) is 0 Å².